The Bertz CT molecular complexity index is 928. The minimum atomic E-state index is -4.93. The summed E-state index contributed by atoms with van der Waals surface area (Å²) in [7, 11) is 0. The predicted octanol–water partition coefficient (Wildman–Crippen LogP) is 6.94. The zero-order valence-corrected chi connectivity index (χ0v) is 14.1. The van der Waals surface area contributed by atoms with Crippen LogP contribution in [-0.4, -0.2) is 0 Å². The Morgan fingerprint density at radius 1 is 0.923 bits per heavy atom. The molecule has 0 atom stereocenters. The first-order valence-corrected chi connectivity index (χ1v) is 7.73. The van der Waals surface area contributed by atoms with Crippen LogP contribution in [0.25, 0.3) is 11.3 Å². The van der Waals surface area contributed by atoms with Crippen LogP contribution in [-0.2, 0) is 6.18 Å². The highest BCUT2D eigenvalue weighted by molar-refractivity contribution is 9.10. The Balaban J connectivity index is 2.09. The average molecular weight is 437 g/mol. The molecule has 136 valence electrons. The fourth-order valence-electron chi connectivity index (χ4n) is 2.17. The molecule has 0 aliphatic carbocycles. The second-order valence-electron chi connectivity index (χ2n) is 5.11. The van der Waals surface area contributed by atoms with Gasteiger partial charge in [-0.3, -0.25) is 0 Å². The number of halogens is 7. The lowest BCUT2D eigenvalue weighted by molar-refractivity contribution is -0.138. The van der Waals surface area contributed by atoms with E-state index in [1.165, 1.54) is 24.5 Å². The van der Waals surface area contributed by atoms with Gasteiger partial charge in [-0.05, 0) is 46.3 Å². The Labute approximate surface area is 151 Å². The standard InChI is InChI=1S/C17H7BrF6O2/c18-10-6-9(14-2-1-3-25-14)15(7-11(10)19)26-16-12(20)4-8(5-13(16)21)17(22,23)24/h1-7H. The maximum atomic E-state index is 14.0. The number of alkyl halides is 3. The Hall–Kier alpha value is -2.42. The number of hydrogen-bond donors (Lipinski definition) is 0. The largest absolute Gasteiger partial charge is 0.464 e. The monoisotopic (exact) mass is 436 g/mol. The molecule has 0 bridgehead atoms. The van der Waals surface area contributed by atoms with E-state index in [1.807, 2.05) is 0 Å². The number of rotatable bonds is 3. The summed E-state index contributed by atoms with van der Waals surface area (Å²) in [6, 6.07) is 5.30. The van der Waals surface area contributed by atoms with Gasteiger partial charge in [-0.2, -0.15) is 13.2 Å². The van der Waals surface area contributed by atoms with Gasteiger partial charge in [0, 0.05) is 6.07 Å². The van der Waals surface area contributed by atoms with Gasteiger partial charge >= 0.3 is 6.18 Å². The summed E-state index contributed by atoms with van der Waals surface area (Å²) in [6.45, 7) is 0. The van der Waals surface area contributed by atoms with Crippen molar-refractivity contribution in [1.82, 2.24) is 0 Å². The molecule has 0 saturated carbocycles. The summed E-state index contributed by atoms with van der Waals surface area (Å²) >= 11 is 2.97. The van der Waals surface area contributed by atoms with E-state index in [0.717, 1.165) is 6.07 Å². The van der Waals surface area contributed by atoms with Gasteiger partial charge in [-0.15, -0.1) is 0 Å². The average Bonchev–Trinajstić information content (AvgIpc) is 3.07. The summed E-state index contributed by atoms with van der Waals surface area (Å²) < 4.78 is 89.9. The molecule has 3 rings (SSSR count). The quantitative estimate of drug-likeness (QED) is 0.415. The van der Waals surface area contributed by atoms with E-state index >= 15 is 0 Å². The normalized spacial score (nSPS) is 11.7. The molecule has 9 heteroatoms. The number of furan rings is 1. The number of benzene rings is 2. The topological polar surface area (TPSA) is 22.4 Å². The lowest BCUT2D eigenvalue weighted by Crippen LogP contribution is -2.07. The van der Waals surface area contributed by atoms with Crippen LogP contribution in [0.2, 0.25) is 0 Å². The van der Waals surface area contributed by atoms with Crippen molar-refractivity contribution in [2.45, 2.75) is 6.18 Å². The van der Waals surface area contributed by atoms with E-state index in [-0.39, 0.29) is 33.7 Å². The van der Waals surface area contributed by atoms with Crippen molar-refractivity contribution in [2.24, 2.45) is 0 Å². The number of ether oxygens (including phenoxy) is 1. The summed E-state index contributed by atoms with van der Waals surface area (Å²) in [6.07, 6.45) is -3.61. The molecule has 0 radical (unpaired) electrons. The highest BCUT2D eigenvalue weighted by Crippen LogP contribution is 2.40. The van der Waals surface area contributed by atoms with Gasteiger partial charge < -0.3 is 9.15 Å². The number of hydrogen-bond acceptors (Lipinski definition) is 2. The summed E-state index contributed by atoms with van der Waals surface area (Å²) in [5.41, 5.74) is -1.37. The van der Waals surface area contributed by atoms with Gasteiger partial charge in [0.1, 0.15) is 17.3 Å². The van der Waals surface area contributed by atoms with Gasteiger partial charge in [-0.1, -0.05) is 0 Å². The van der Waals surface area contributed by atoms with Crippen molar-refractivity contribution in [3.63, 3.8) is 0 Å². The van der Waals surface area contributed by atoms with Gasteiger partial charge in [0.05, 0.1) is 21.9 Å². The lowest BCUT2D eigenvalue weighted by atomic mass is 10.1. The highest BCUT2D eigenvalue weighted by Gasteiger charge is 2.33. The Morgan fingerprint density at radius 3 is 2.12 bits per heavy atom. The molecular formula is C17H7BrF6O2. The van der Waals surface area contributed by atoms with Crippen LogP contribution in [0.5, 0.6) is 11.5 Å². The van der Waals surface area contributed by atoms with Crippen LogP contribution in [0.3, 0.4) is 0 Å². The molecule has 1 aromatic heterocycles. The summed E-state index contributed by atoms with van der Waals surface area (Å²) in [4.78, 5) is 0. The van der Waals surface area contributed by atoms with E-state index in [0.29, 0.717) is 0 Å². The van der Waals surface area contributed by atoms with Crippen molar-refractivity contribution in [3.8, 4) is 22.8 Å². The fourth-order valence-corrected chi connectivity index (χ4v) is 2.51. The smallest absolute Gasteiger partial charge is 0.416 e. The van der Waals surface area contributed by atoms with E-state index in [2.05, 4.69) is 15.9 Å². The molecular weight excluding hydrogens is 430 g/mol. The molecule has 0 aliphatic rings. The first-order valence-electron chi connectivity index (χ1n) is 6.94. The summed E-state index contributed by atoms with van der Waals surface area (Å²) in [5, 5.41) is 0. The third-order valence-corrected chi connectivity index (χ3v) is 3.95. The van der Waals surface area contributed by atoms with Gasteiger partial charge in [0.25, 0.3) is 0 Å². The van der Waals surface area contributed by atoms with Crippen molar-refractivity contribution in [2.75, 3.05) is 0 Å². The maximum Gasteiger partial charge on any atom is 0.416 e. The summed E-state index contributed by atoms with van der Waals surface area (Å²) in [5.74, 6) is -5.18. The molecule has 2 nitrogen and oxygen atoms in total. The zero-order valence-electron chi connectivity index (χ0n) is 12.5. The second kappa shape index (κ2) is 6.71. The Morgan fingerprint density at radius 2 is 1.58 bits per heavy atom. The molecule has 3 aromatic rings. The fraction of sp³-hybridized carbons (Fsp3) is 0.0588. The van der Waals surface area contributed by atoms with E-state index < -0.39 is 34.9 Å². The third kappa shape index (κ3) is 3.57. The lowest BCUT2D eigenvalue weighted by Gasteiger charge is -2.14. The third-order valence-electron chi connectivity index (χ3n) is 3.35. The molecule has 0 saturated heterocycles. The molecule has 0 spiro atoms. The van der Waals surface area contributed by atoms with E-state index in [4.69, 9.17) is 9.15 Å². The first-order chi connectivity index (χ1) is 12.2. The molecule has 1 heterocycles. The van der Waals surface area contributed by atoms with E-state index in [9.17, 15) is 26.3 Å². The van der Waals surface area contributed by atoms with Crippen LogP contribution in [0.4, 0.5) is 26.3 Å². The minimum Gasteiger partial charge on any atom is -0.464 e. The first kappa shape index (κ1) is 18.4. The minimum absolute atomic E-state index is 0.0320. The van der Waals surface area contributed by atoms with Crippen LogP contribution < -0.4 is 4.74 Å². The van der Waals surface area contributed by atoms with Gasteiger partial charge in [0.15, 0.2) is 17.4 Å². The predicted molar refractivity (Wildman–Crippen MR) is 83.2 cm³/mol. The van der Waals surface area contributed by atoms with Crippen LogP contribution in [0.15, 0.2) is 51.6 Å². The van der Waals surface area contributed by atoms with Crippen molar-refractivity contribution >= 4 is 15.9 Å². The van der Waals surface area contributed by atoms with Crippen molar-refractivity contribution < 1.29 is 35.5 Å². The van der Waals surface area contributed by atoms with Crippen LogP contribution in [0.1, 0.15) is 5.56 Å². The Kier molecular flexibility index (Phi) is 4.74. The molecule has 0 N–H and O–H groups in total. The molecule has 0 fully saturated rings. The van der Waals surface area contributed by atoms with Crippen LogP contribution in [0, 0.1) is 17.5 Å². The second-order valence-corrected chi connectivity index (χ2v) is 5.96. The molecule has 0 amide bonds. The molecule has 2 aromatic carbocycles. The molecule has 0 aliphatic heterocycles. The van der Waals surface area contributed by atoms with Gasteiger partial charge in [0.2, 0.25) is 0 Å². The van der Waals surface area contributed by atoms with Crippen molar-refractivity contribution in [3.05, 3.63) is 70.1 Å². The van der Waals surface area contributed by atoms with E-state index in [1.54, 1.807) is 0 Å². The van der Waals surface area contributed by atoms with Crippen LogP contribution >= 0.6 is 15.9 Å². The highest BCUT2D eigenvalue weighted by atomic mass is 79.9. The zero-order chi connectivity index (χ0) is 19.1. The maximum absolute atomic E-state index is 14.0. The van der Waals surface area contributed by atoms with Crippen molar-refractivity contribution in [1.29, 1.82) is 0 Å². The SMILES string of the molecule is Fc1cc(Oc2c(F)cc(C(F)(F)F)cc2F)c(-c2ccco2)cc1Br. The van der Waals surface area contributed by atoms with Gasteiger partial charge in [-0.25, -0.2) is 13.2 Å². The molecule has 0 unspecified atom stereocenters. The molecule has 26 heavy (non-hydrogen) atoms.